The fourth-order valence-corrected chi connectivity index (χ4v) is 1.11. The normalized spacial score (nSPS) is 12.3. The number of nitro groups is 1. The van der Waals surface area contributed by atoms with E-state index >= 15 is 0 Å². The fourth-order valence-electron chi connectivity index (χ4n) is 1.11. The number of aldehydes is 1. The molecule has 0 aliphatic heterocycles. The summed E-state index contributed by atoms with van der Waals surface area (Å²) in [5.74, 6) is 0. The van der Waals surface area contributed by atoms with Gasteiger partial charge in [0.25, 0.3) is 0 Å². The Bertz CT molecular complexity index is 349. The van der Waals surface area contributed by atoms with E-state index in [9.17, 15) is 14.9 Å². The highest BCUT2D eigenvalue weighted by molar-refractivity contribution is 5.50. The Morgan fingerprint density at radius 3 is 3.00 bits per heavy atom. The molecular formula is C8H11N3O4. The van der Waals surface area contributed by atoms with Gasteiger partial charge < -0.3 is 9.53 Å². The van der Waals surface area contributed by atoms with Crippen molar-refractivity contribution in [3.05, 3.63) is 22.5 Å². The Labute approximate surface area is 85.8 Å². The van der Waals surface area contributed by atoms with Gasteiger partial charge in [-0.15, -0.1) is 0 Å². The summed E-state index contributed by atoms with van der Waals surface area (Å²) in [7, 11) is 1.48. The number of nitrogens with zero attached hydrogens (tertiary/aromatic N) is 3. The lowest BCUT2D eigenvalue weighted by Gasteiger charge is -2.11. The highest BCUT2D eigenvalue weighted by atomic mass is 16.6. The molecule has 1 atom stereocenters. The van der Waals surface area contributed by atoms with Crippen LogP contribution in [0.4, 0.5) is 5.69 Å². The van der Waals surface area contributed by atoms with Gasteiger partial charge in [0, 0.05) is 13.5 Å². The van der Waals surface area contributed by atoms with Gasteiger partial charge in [0.1, 0.15) is 18.7 Å². The maximum Gasteiger partial charge on any atom is 0.306 e. The monoisotopic (exact) mass is 213 g/mol. The summed E-state index contributed by atoms with van der Waals surface area (Å²) in [4.78, 5) is 20.1. The molecule has 0 radical (unpaired) electrons. The van der Waals surface area contributed by atoms with E-state index in [-0.39, 0.29) is 18.2 Å². The zero-order valence-electron chi connectivity index (χ0n) is 8.20. The van der Waals surface area contributed by atoms with Crippen LogP contribution in [0.25, 0.3) is 0 Å². The minimum Gasteiger partial charge on any atom is -0.379 e. The molecule has 0 fully saturated rings. The first kappa shape index (κ1) is 11.3. The zero-order chi connectivity index (χ0) is 11.3. The van der Waals surface area contributed by atoms with Crippen LogP contribution in [0.2, 0.25) is 0 Å². The van der Waals surface area contributed by atoms with E-state index < -0.39 is 4.92 Å². The largest absolute Gasteiger partial charge is 0.379 e. The van der Waals surface area contributed by atoms with Gasteiger partial charge >= 0.3 is 5.69 Å². The van der Waals surface area contributed by atoms with Gasteiger partial charge in [-0.05, 0) is 0 Å². The summed E-state index contributed by atoms with van der Waals surface area (Å²) in [6.07, 6.45) is 3.14. The molecule has 7 heteroatoms. The number of carbonyl (C=O) groups is 1. The topological polar surface area (TPSA) is 87.3 Å². The molecule has 0 aromatic carbocycles. The highest BCUT2D eigenvalue weighted by Gasteiger charge is 2.12. The predicted molar refractivity (Wildman–Crippen MR) is 50.4 cm³/mol. The molecule has 0 aliphatic carbocycles. The minimum absolute atomic E-state index is 0.0732. The lowest BCUT2D eigenvalue weighted by Crippen LogP contribution is -2.19. The van der Waals surface area contributed by atoms with Crippen LogP contribution < -0.4 is 0 Å². The van der Waals surface area contributed by atoms with Crippen LogP contribution in [0.3, 0.4) is 0 Å². The van der Waals surface area contributed by atoms with Gasteiger partial charge in [-0.1, -0.05) is 0 Å². The molecule has 1 aromatic rings. The molecule has 0 saturated heterocycles. The third-order valence-electron chi connectivity index (χ3n) is 1.91. The molecule has 0 aliphatic rings. The molecule has 82 valence electrons. The van der Waals surface area contributed by atoms with Crippen molar-refractivity contribution in [2.24, 2.45) is 0 Å². The minimum atomic E-state index is -0.523. The van der Waals surface area contributed by atoms with Gasteiger partial charge in [0.2, 0.25) is 0 Å². The van der Waals surface area contributed by atoms with Crippen molar-refractivity contribution < 1.29 is 14.5 Å². The molecule has 7 nitrogen and oxygen atoms in total. The van der Waals surface area contributed by atoms with Crippen LogP contribution in [-0.4, -0.2) is 34.2 Å². The number of hydrogen-bond donors (Lipinski definition) is 0. The first-order valence-corrected chi connectivity index (χ1v) is 4.30. The van der Waals surface area contributed by atoms with Crippen LogP contribution in [-0.2, 0) is 16.1 Å². The first-order valence-electron chi connectivity index (χ1n) is 4.30. The van der Waals surface area contributed by atoms with Crippen molar-refractivity contribution in [1.82, 2.24) is 9.78 Å². The summed E-state index contributed by atoms with van der Waals surface area (Å²) in [5, 5.41) is 14.1. The average Bonchev–Trinajstić information content (AvgIpc) is 2.65. The van der Waals surface area contributed by atoms with Crippen molar-refractivity contribution in [1.29, 1.82) is 0 Å². The summed E-state index contributed by atoms with van der Waals surface area (Å²) in [6.45, 7) is 0.322. The molecule has 0 saturated carbocycles. The van der Waals surface area contributed by atoms with E-state index in [1.165, 1.54) is 18.0 Å². The molecule has 0 amide bonds. The summed E-state index contributed by atoms with van der Waals surface area (Å²) >= 11 is 0. The molecule has 0 bridgehead atoms. The van der Waals surface area contributed by atoms with E-state index in [1.54, 1.807) is 0 Å². The maximum atomic E-state index is 10.4. The van der Waals surface area contributed by atoms with E-state index in [0.29, 0.717) is 6.54 Å². The van der Waals surface area contributed by atoms with Gasteiger partial charge in [-0.25, -0.2) is 0 Å². The highest BCUT2D eigenvalue weighted by Crippen LogP contribution is 2.09. The van der Waals surface area contributed by atoms with E-state index in [4.69, 9.17) is 4.74 Å². The molecule has 1 heterocycles. The summed E-state index contributed by atoms with van der Waals surface area (Å²) in [5.41, 5.74) is -0.0732. The van der Waals surface area contributed by atoms with Gasteiger partial charge in [-0.2, -0.15) is 5.10 Å². The standard InChI is InChI=1S/C8H11N3O4/c1-15-8(2-3-12)6-10-5-7(4-9-10)11(13)14/h3-5,8H,2,6H2,1H3. The molecule has 0 spiro atoms. The Morgan fingerprint density at radius 1 is 1.80 bits per heavy atom. The predicted octanol–water partition coefficient (Wildman–Crippen LogP) is 0.395. The number of aromatic nitrogens is 2. The number of ether oxygens (including phenoxy) is 1. The smallest absolute Gasteiger partial charge is 0.306 e. The zero-order valence-corrected chi connectivity index (χ0v) is 8.20. The van der Waals surface area contributed by atoms with E-state index in [0.717, 1.165) is 12.5 Å². The second-order valence-corrected chi connectivity index (χ2v) is 2.94. The molecular weight excluding hydrogens is 202 g/mol. The van der Waals surface area contributed by atoms with E-state index in [2.05, 4.69) is 5.10 Å². The van der Waals surface area contributed by atoms with Crippen LogP contribution in [0.15, 0.2) is 12.4 Å². The molecule has 1 aromatic heterocycles. The van der Waals surface area contributed by atoms with Gasteiger partial charge in [0.05, 0.1) is 17.6 Å². The molecule has 0 N–H and O–H groups in total. The Balaban J connectivity index is 2.62. The lowest BCUT2D eigenvalue weighted by atomic mass is 10.3. The van der Waals surface area contributed by atoms with Crippen molar-refractivity contribution in [2.45, 2.75) is 19.1 Å². The second kappa shape index (κ2) is 5.20. The van der Waals surface area contributed by atoms with Crippen molar-refractivity contribution in [3.63, 3.8) is 0 Å². The first-order chi connectivity index (χ1) is 7.17. The fraction of sp³-hybridized carbons (Fsp3) is 0.500. The second-order valence-electron chi connectivity index (χ2n) is 2.94. The van der Waals surface area contributed by atoms with Crippen molar-refractivity contribution in [2.75, 3.05) is 7.11 Å². The van der Waals surface area contributed by atoms with Crippen molar-refractivity contribution >= 4 is 12.0 Å². The lowest BCUT2D eigenvalue weighted by molar-refractivity contribution is -0.385. The Kier molecular flexibility index (Phi) is 3.92. The number of carbonyl (C=O) groups excluding carboxylic acids is 1. The molecule has 15 heavy (non-hydrogen) atoms. The van der Waals surface area contributed by atoms with Gasteiger partial charge in [0.15, 0.2) is 0 Å². The number of hydrogen-bond acceptors (Lipinski definition) is 5. The van der Waals surface area contributed by atoms with Gasteiger partial charge in [-0.3, -0.25) is 14.8 Å². The Hall–Kier alpha value is -1.76. The maximum absolute atomic E-state index is 10.4. The number of methoxy groups -OCH3 is 1. The quantitative estimate of drug-likeness (QED) is 0.387. The van der Waals surface area contributed by atoms with Crippen LogP contribution in [0.1, 0.15) is 6.42 Å². The van der Waals surface area contributed by atoms with Crippen LogP contribution in [0, 0.1) is 10.1 Å². The number of rotatable bonds is 6. The third-order valence-corrected chi connectivity index (χ3v) is 1.91. The average molecular weight is 213 g/mol. The van der Waals surface area contributed by atoms with Crippen molar-refractivity contribution in [3.8, 4) is 0 Å². The summed E-state index contributed by atoms with van der Waals surface area (Å²) < 4.78 is 6.39. The van der Waals surface area contributed by atoms with Crippen LogP contribution in [0.5, 0.6) is 0 Å². The summed E-state index contributed by atoms with van der Waals surface area (Å²) in [6, 6.07) is 0. The molecule has 1 unspecified atom stereocenters. The Morgan fingerprint density at radius 2 is 2.53 bits per heavy atom. The van der Waals surface area contributed by atoms with Crippen LogP contribution >= 0.6 is 0 Å². The SMILES string of the molecule is COC(CC=O)Cn1cc([N+](=O)[O-])cn1. The third kappa shape index (κ3) is 3.13. The van der Waals surface area contributed by atoms with E-state index in [1.807, 2.05) is 0 Å². The molecule has 1 rings (SSSR count).